The van der Waals surface area contributed by atoms with Gasteiger partial charge in [-0.2, -0.15) is 0 Å². The number of carbonyl (C=O) groups is 1. The van der Waals surface area contributed by atoms with Gasteiger partial charge in [-0.3, -0.25) is 4.79 Å². The normalized spacial score (nSPS) is 15.6. The van der Waals surface area contributed by atoms with Crippen molar-refractivity contribution in [1.29, 1.82) is 0 Å². The molecule has 0 aliphatic carbocycles. The van der Waals surface area contributed by atoms with Crippen molar-refractivity contribution in [2.75, 3.05) is 13.1 Å². The van der Waals surface area contributed by atoms with Crippen LogP contribution in [0.1, 0.15) is 40.5 Å². The number of H-pyrrole nitrogens is 2. The summed E-state index contributed by atoms with van der Waals surface area (Å²) in [5.74, 6) is 0.658. The first-order valence-electron chi connectivity index (χ1n) is 9.47. The van der Waals surface area contributed by atoms with E-state index in [2.05, 4.69) is 19.9 Å². The zero-order chi connectivity index (χ0) is 19.3. The van der Waals surface area contributed by atoms with E-state index in [4.69, 9.17) is 0 Å². The Hall–Kier alpha value is -3.22. The van der Waals surface area contributed by atoms with Crippen molar-refractivity contribution < 1.29 is 9.18 Å². The number of carbonyl (C=O) groups excluding carboxylic acids is 1. The lowest BCUT2D eigenvalue weighted by Gasteiger charge is -2.32. The fourth-order valence-corrected chi connectivity index (χ4v) is 4.24. The first-order valence-corrected chi connectivity index (χ1v) is 9.47. The van der Waals surface area contributed by atoms with E-state index in [1.165, 1.54) is 6.20 Å². The van der Waals surface area contributed by atoms with Crippen molar-refractivity contribution in [3.05, 3.63) is 59.4 Å². The number of nitrogens with one attached hydrogen (secondary N) is 2. The molecular weight excluding hydrogens is 357 g/mol. The second-order valence-electron chi connectivity index (χ2n) is 7.38. The highest BCUT2D eigenvalue weighted by Crippen LogP contribution is 2.34. The van der Waals surface area contributed by atoms with E-state index in [0.717, 1.165) is 35.1 Å². The minimum atomic E-state index is -0.267. The average molecular weight is 377 g/mol. The van der Waals surface area contributed by atoms with Crippen LogP contribution in [0.4, 0.5) is 4.39 Å². The van der Waals surface area contributed by atoms with Crippen molar-refractivity contribution >= 4 is 28.0 Å². The summed E-state index contributed by atoms with van der Waals surface area (Å²) in [6, 6.07) is 7.42. The highest BCUT2D eigenvalue weighted by molar-refractivity contribution is 5.97. The summed E-state index contributed by atoms with van der Waals surface area (Å²) in [5, 5.41) is 0.838. The number of halogens is 1. The first-order chi connectivity index (χ1) is 13.6. The molecule has 1 saturated heterocycles. The number of nitrogens with zero attached hydrogens (tertiary/aromatic N) is 3. The number of pyridine rings is 1. The Morgan fingerprint density at radius 1 is 1.25 bits per heavy atom. The second-order valence-corrected chi connectivity index (χ2v) is 7.38. The number of likely N-dealkylation sites (tertiary alicyclic amines) is 1. The molecular formula is C21H20FN5O. The molecule has 0 spiro atoms. The predicted octanol–water partition coefficient (Wildman–Crippen LogP) is 3.91. The zero-order valence-corrected chi connectivity index (χ0v) is 15.5. The van der Waals surface area contributed by atoms with E-state index in [9.17, 15) is 9.18 Å². The van der Waals surface area contributed by atoms with Gasteiger partial charge in [0, 0.05) is 35.8 Å². The first kappa shape index (κ1) is 16.9. The SMILES string of the molecule is Cc1nc2ccc(C(=O)N3CCC(c4c(F)cnc5[nH]ccc45)CC3)cc2[nH]1. The van der Waals surface area contributed by atoms with Crippen LogP contribution in [0.5, 0.6) is 0 Å². The number of aromatic nitrogens is 4. The highest BCUT2D eigenvalue weighted by atomic mass is 19.1. The molecule has 1 aliphatic rings. The Balaban J connectivity index is 1.35. The molecule has 1 fully saturated rings. The minimum absolute atomic E-state index is 0.00888. The number of amides is 1. The molecule has 2 N–H and O–H groups in total. The molecule has 6 nitrogen and oxygen atoms in total. The number of piperidine rings is 1. The standard InChI is InChI=1S/C21H20FN5O/c1-12-25-17-3-2-14(10-18(17)26-12)21(28)27-8-5-13(6-9-27)19-15-4-7-23-20(15)24-11-16(19)22/h2-4,7,10-11,13H,5-6,8-9H2,1H3,(H,23,24)(H,25,26). The van der Waals surface area contributed by atoms with Crippen molar-refractivity contribution in [2.45, 2.75) is 25.7 Å². The predicted molar refractivity (Wildman–Crippen MR) is 105 cm³/mol. The van der Waals surface area contributed by atoms with Crippen molar-refractivity contribution in [3.8, 4) is 0 Å². The lowest BCUT2D eigenvalue weighted by Crippen LogP contribution is -2.38. The Bertz CT molecular complexity index is 1190. The molecule has 4 aromatic rings. The molecule has 1 amide bonds. The number of aryl methyl sites for hydroxylation is 1. The van der Waals surface area contributed by atoms with Crippen LogP contribution in [0, 0.1) is 12.7 Å². The van der Waals surface area contributed by atoms with Crippen LogP contribution in [-0.2, 0) is 0 Å². The van der Waals surface area contributed by atoms with Gasteiger partial charge in [0.15, 0.2) is 0 Å². The van der Waals surface area contributed by atoms with E-state index in [0.29, 0.717) is 29.9 Å². The lowest BCUT2D eigenvalue weighted by atomic mass is 9.87. The van der Waals surface area contributed by atoms with Gasteiger partial charge in [-0.1, -0.05) is 0 Å². The third-order valence-electron chi connectivity index (χ3n) is 5.62. The van der Waals surface area contributed by atoms with Gasteiger partial charge >= 0.3 is 0 Å². The van der Waals surface area contributed by atoms with Crippen LogP contribution in [0.2, 0.25) is 0 Å². The Morgan fingerprint density at radius 3 is 2.89 bits per heavy atom. The van der Waals surface area contributed by atoms with Gasteiger partial charge in [-0.05, 0) is 49.9 Å². The molecule has 4 heterocycles. The number of hydrogen-bond acceptors (Lipinski definition) is 3. The summed E-state index contributed by atoms with van der Waals surface area (Å²) in [7, 11) is 0. The van der Waals surface area contributed by atoms with Crippen LogP contribution in [0.25, 0.3) is 22.1 Å². The van der Waals surface area contributed by atoms with Crippen LogP contribution in [0.15, 0.2) is 36.7 Å². The van der Waals surface area contributed by atoms with E-state index in [1.54, 1.807) is 6.20 Å². The molecule has 7 heteroatoms. The molecule has 3 aromatic heterocycles. The van der Waals surface area contributed by atoms with Gasteiger partial charge in [-0.25, -0.2) is 14.4 Å². The largest absolute Gasteiger partial charge is 0.346 e. The number of aromatic amines is 2. The lowest BCUT2D eigenvalue weighted by molar-refractivity contribution is 0.0713. The molecule has 0 atom stereocenters. The Kier molecular flexibility index (Phi) is 3.89. The third-order valence-corrected chi connectivity index (χ3v) is 5.62. The number of fused-ring (bicyclic) bond motifs is 2. The molecule has 0 saturated carbocycles. The van der Waals surface area contributed by atoms with Crippen LogP contribution in [-0.4, -0.2) is 43.8 Å². The zero-order valence-electron chi connectivity index (χ0n) is 15.5. The Labute approximate surface area is 160 Å². The van der Waals surface area contributed by atoms with Gasteiger partial charge in [0.25, 0.3) is 5.91 Å². The van der Waals surface area contributed by atoms with E-state index < -0.39 is 0 Å². The number of imidazole rings is 1. The van der Waals surface area contributed by atoms with Gasteiger partial charge in [0.2, 0.25) is 0 Å². The molecule has 28 heavy (non-hydrogen) atoms. The fraction of sp³-hybridized carbons (Fsp3) is 0.286. The molecule has 0 radical (unpaired) electrons. The summed E-state index contributed by atoms with van der Waals surface area (Å²) in [6.07, 6.45) is 4.54. The third kappa shape index (κ3) is 2.74. The highest BCUT2D eigenvalue weighted by Gasteiger charge is 2.28. The van der Waals surface area contributed by atoms with Gasteiger partial charge < -0.3 is 14.9 Å². The van der Waals surface area contributed by atoms with Gasteiger partial charge in [0.05, 0.1) is 17.2 Å². The van der Waals surface area contributed by atoms with E-state index in [-0.39, 0.29) is 17.6 Å². The summed E-state index contributed by atoms with van der Waals surface area (Å²) < 4.78 is 14.5. The molecule has 1 aliphatic heterocycles. The van der Waals surface area contributed by atoms with Gasteiger partial charge in [-0.15, -0.1) is 0 Å². The summed E-state index contributed by atoms with van der Waals surface area (Å²) in [4.78, 5) is 29.5. The van der Waals surface area contributed by atoms with Crippen LogP contribution < -0.4 is 0 Å². The van der Waals surface area contributed by atoms with Gasteiger partial charge in [0.1, 0.15) is 17.3 Å². The van der Waals surface area contributed by atoms with E-state index in [1.807, 2.05) is 36.1 Å². The van der Waals surface area contributed by atoms with E-state index >= 15 is 0 Å². The summed E-state index contributed by atoms with van der Waals surface area (Å²) in [5.41, 5.74) is 3.80. The maximum Gasteiger partial charge on any atom is 0.253 e. The van der Waals surface area contributed by atoms with Crippen molar-refractivity contribution in [2.24, 2.45) is 0 Å². The van der Waals surface area contributed by atoms with Crippen molar-refractivity contribution in [3.63, 3.8) is 0 Å². The molecule has 5 rings (SSSR count). The number of rotatable bonds is 2. The van der Waals surface area contributed by atoms with Crippen LogP contribution >= 0.6 is 0 Å². The average Bonchev–Trinajstić information content (AvgIpc) is 3.32. The molecule has 0 unspecified atom stereocenters. The summed E-state index contributed by atoms with van der Waals surface area (Å²) in [6.45, 7) is 3.11. The monoisotopic (exact) mass is 377 g/mol. The number of hydrogen-bond donors (Lipinski definition) is 2. The topological polar surface area (TPSA) is 77.7 Å². The quantitative estimate of drug-likeness (QED) is 0.556. The maximum atomic E-state index is 14.5. The Morgan fingerprint density at radius 2 is 2.07 bits per heavy atom. The second kappa shape index (κ2) is 6.44. The molecule has 142 valence electrons. The number of benzene rings is 1. The molecule has 1 aromatic carbocycles. The smallest absolute Gasteiger partial charge is 0.253 e. The van der Waals surface area contributed by atoms with Crippen molar-refractivity contribution in [1.82, 2.24) is 24.8 Å². The summed E-state index contributed by atoms with van der Waals surface area (Å²) >= 11 is 0. The minimum Gasteiger partial charge on any atom is -0.346 e. The van der Waals surface area contributed by atoms with Crippen LogP contribution in [0.3, 0.4) is 0 Å². The fourth-order valence-electron chi connectivity index (χ4n) is 4.24. The molecule has 0 bridgehead atoms. The maximum absolute atomic E-state index is 14.5.